The van der Waals surface area contributed by atoms with Gasteiger partial charge in [0.2, 0.25) is 5.91 Å². The van der Waals surface area contributed by atoms with Crippen LogP contribution in [0.1, 0.15) is 17.0 Å². The molecule has 12 heteroatoms. The van der Waals surface area contributed by atoms with Crippen LogP contribution in [0.4, 0.5) is 10.6 Å². The summed E-state index contributed by atoms with van der Waals surface area (Å²) in [4.78, 5) is 50.7. The van der Waals surface area contributed by atoms with Gasteiger partial charge < -0.3 is 26.3 Å². The number of carbonyl (C=O) groups is 2. The van der Waals surface area contributed by atoms with Crippen molar-refractivity contribution in [3.05, 3.63) is 87.7 Å². The number of nitrogens with zero attached hydrogens (tertiary/aromatic N) is 4. The van der Waals surface area contributed by atoms with Crippen LogP contribution in [-0.4, -0.2) is 55.5 Å². The van der Waals surface area contributed by atoms with Crippen LogP contribution >= 0.6 is 11.6 Å². The molecule has 2 atom stereocenters. The van der Waals surface area contributed by atoms with Crippen LogP contribution in [0.15, 0.2) is 65.8 Å². The second kappa shape index (κ2) is 10.3. The summed E-state index contributed by atoms with van der Waals surface area (Å²) in [5.41, 5.74) is 7.58. The molecule has 3 aromatic heterocycles. The van der Waals surface area contributed by atoms with E-state index in [1.807, 2.05) is 42.5 Å². The van der Waals surface area contributed by atoms with E-state index in [1.165, 1.54) is 11.1 Å². The molecule has 1 aliphatic rings. The van der Waals surface area contributed by atoms with Gasteiger partial charge in [-0.1, -0.05) is 41.9 Å². The molecule has 190 valence electrons. The van der Waals surface area contributed by atoms with Crippen LogP contribution in [0.25, 0.3) is 11.0 Å². The highest BCUT2D eigenvalue weighted by Crippen LogP contribution is 2.29. The summed E-state index contributed by atoms with van der Waals surface area (Å²) in [5.74, 6) is -0.455. The van der Waals surface area contributed by atoms with Gasteiger partial charge in [-0.25, -0.2) is 14.8 Å². The number of fused-ring (bicyclic) bond motifs is 1. The first-order valence-corrected chi connectivity index (χ1v) is 12.1. The molecule has 1 aromatic carbocycles. The van der Waals surface area contributed by atoms with Crippen LogP contribution in [0.5, 0.6) is 0 Å². The minimum atomic E-state index is -0.539. The van der Waals surface area contributed by atoms with Gasteiger partial charge in [0, 0.05) is 43.3 Å². The number of hydrogen-bond donors (Lipinski definition) is 4. The fraction of sp³-hybridized carbons (Fsp3) is 0.240. The number of likely N-dealkylation sites (tertiary alicyclic amines) is 1. The number of aromatic amines is 1. The van der Waals surface area contributed by atoms with Gasteiger partial charge in [0.25, 0.3) is 5.56 Å². The number of hydrogen-bond acceptors (Lipinski definition) is 6. The maximum absolute atomic E-state index is 13.2. The summed E-state index contributed by atoms with van der Waals surface area (Å²) in [6.45, 7) is 0.678. The number of anilines is 1. The first-order chi connectivity index (χ1) is 17.9. The molecular weight excluding hydrogens is 496 g/mol. The number of H-pyrrole nitrogens is 1. The summed E-state index contributed by atoms with van der Waals surface area (Å²) < 4.78 is 1.15. The zero-order valence-electron chi connectivity index (χ0n) is 19.7. The van der Waals surface area contributed by atoms with E-state index in [0.29, 0.717) is 13.1 Å². The molecule has 4 heterocycles. The van der Waals surface area contributed by atoms with E-state index in [9.17, 15) is 14.4 Å². The number of nitrogens with two attached hydrogens (primary N) is 1. The Morgan fingerprint density at radius 3 is 2.73 bits per heavy atom. The van der Waals surface area contributed by atoms with Crippen LogP contribution in [-0.2, 0) is 17.9 Å². The van der Waals surface area contributed by atoms with Gasteiger partial charge in [0.05, 0.1) is 12.2 Å². The summed E-state index contributed by atoms with van der Waals surface area (Å²) in [5, 5.41) is 6.92. The van der Waals surface area contributed by atoms with Crippen LogP contribution < -0.4 is 21.9 Å². The molecule has 0 aliphatic carbocycles. The van der Waals surface area contributed by atoms with Crippen molar-refractivity contribution in [2.75, 3.05) is 18.4 Å². The molecule has 1 unspecified atom stereocenters. The molecule has 3 amide bonds. The molecule has 5 rings (SSSR count). The number of primary amides is 1. The van der Waals surface area contributed by atoms with Crippen molar-refractivity contribution < 1.29 is 9.59 Å². The predicted molar refractivity (Wildman–Crippen MR) is 139 cm³/mol. The smallest absolute Gasteiger partial charge is 0.314 e. The van der Waals surface area contributed by atoms with Crippen molar-refractivity contribution in [1.82, 2.24) is 29.7 Å². The molecule has 11 nitrogen and oxygen atoms in total. The lowest BCUT2D eigenvalue weighted by molar-refractivity contribution is -0.121. The third kappa shape index (κ3) is 5.26. The quantitative estimate of drug-likeness (QED) is 0.293. The number of aromatic nitrogens is 4. The van der Waals surface area contributed by atoms with Crippen molar-refractivity contribution in [2.45, 2.75) is 25.0 Å². The minimum Gasteiger partial charge on any atom is -0.360 e. The number of benzene rings is 1. The lowest BCUT2D eigenvalue weighted by atomic mass is 9.94. The third-order valence-corrected chi connectivity index (χ3v) is 6.74. The number of nitrogens with one attached hydrogen (secondary N) is 3. The largest absolute Gasteiger partial charge is 0.360 e. The Labute approximate surface area is 216 Å². The summed E-state index contributed by atoms with van der Waals surface area (Å²) >= 11 is 6.23. The second-order valence-corrected chi connectivity index (χ2v) is 9.26. The van der Waals surface area contributed by atoms with Crippen LogP contribution in [0.2, 0.25) is 5.15 Å². The molecule has 0 saturated carbocycles. The highest BCUT2D eigenvalue weighted by Gasteiger charge is 2.36. The molecule has 0 bridgehead atoms. The van der Waals surface area contributed by atoms with Crippen LogP contribution in [0, 0.1) is 0 Å². The molecular formula is C25H25ClN8O3. The number of pyridine rings is 1. The van der Waals surface area contributed by atoms with E-state index < -0.39 is 17.5 Å². The normalized spacial score (nSPS) is 17.2. The molecule has 1 saturated heterocycles. The summed E-state index contributed by atoms with van der Waals surface area (Å²) in [6, 6.07) is 12.6. The fourth-order valence-electron chi connectivity index (χ4n) is 4.54. The van der Waals surface area contributed by atoms with E-state index in [2.05, 4.69) is 25.6 Å². The van der Waals surface area contributed by atoms with Gasteiger partial charge in [0.15, 0.2) is 5.82 Å². The number of halogens is 1. The zero-order valence-corrected chi connectivity index (χ0v) is 20.5. The van der Waals surface area contributed by atoms with Crippen molar-refractivity contribution in [2.24, 2.45) is 5.73 Å². The number of carbonyl (C=O) groups excluding carboxylic acids is 2. The van der Waals surface area contributed by atoms with E-state index >= 15 is 0 Å². The average molecular weight is 521 g/mol. The summed E-state index contributed by atoms with van der Waals surface area (Å²) in [7, 11) is 0. The standard InChI is InChI=1S/C25H25ClN8O3/c26-20-11-31-23(32-19-13-33(25(27)37)12-18(19)16-4-2-1-3-5-16)24(36)34(20)14-21(35)29-9-15-8-17-6-7-28-22(17)30-10-15/h1-8,10-11,18-19H,9,12-14H2,(H2,27,37)(H,28,30)(H,29,35)(H,31,32)/t18-,19?/m0/s1. The SMILES string of the molecule is NC(=O)N1CC(Nc2ncc(Cl)n(CC(=O)NCc3cnc4[nH]ccc4c3)c2=O)[C@H](c2ccccc2)C1. The van der Waals surface area contributed by atoms with Gasteiger partial charge >= 0.3 is 6.03 Å². The molecule has 4 aromatic rings. The van der Waals surface area contributed by atoms with Gasteiger partial charge in [-0.05, 0) is 23.3 Å². The second-order valence-electron chi connectivity index (χ2n) is 8.87. The highest BCUT2D eigenvalue weighted by molar-refractivity contribution is 6.29. The Balaban J connectivity index is 1.30. The highest BCUT2D eigenvalue weighted by atomic mass is 35.5. The Morgan fingerprint density at radius 2 is 1.95 bits per heavy atom. The van der Waals surface area contributed by atoms with Gasteiger partial charge in [-0.2, -0.15) is 0 Å². The van der Waals surface area contributed by atoms with Crippen LogP contribution in [0.3, 0.4) is 0 Å². The molecule has 1 aliphatic heterocycles. The van der Waals surface area contributed by atoms with Crippen molar-refractivity contribution >= 4 is 40.4 Å². The average Bonchev–Trinajstić information content (AvgIpc) is 3.54. The molecule has 5 N–H and O–H groups in total. The topological polar surface area (TPSA) is 151 Å². The molecule has 37 heavy (non-hydrogen) atoms. The molecule has 1 fully saturated rings. The number of urea groups is 1. The lowest BCUT2D eigenvalue weighted by Gasteiger charge is -2.20. The Hall–Kier alpha value is -4.38. The first kappa shape index (κ1) is 24.3. The van der Waals surface area contributed by atoms with E-state index in [4.69, 9.17) is 17.3 Å². The first-order valence-electron chi connectivity index (χ1n) is 11.7. The fourth-order valence-corrected chi connectivity index (χ4v) is 4.73. The Kier molecular flexibility index (Phi) is 6.78. The Morgan fingerprint density at radius 1 is 1.14 bits per heavy atom. The third-order valence-electron chi connectivity index (χ3n) is 6.44. The van der Waals surface area contributed by atoms with Gasteiger partial charge in [0.1, 0.15) is 17.3 Å². The summed E-state index contributed by atoms with van der Waals surface area (Å²) in [6.07, 6.45) is 4.79. The van der Waals surface area contributed by atoms with Gasteiger partial charge in [-0.3, -0.25) is 14.2 Å². The van der Waals surface area contributed by atoms with Crippen molar-refractivity contribution in [3.8, 4) is 0 Å². The minimum absolute atomic E-state index is 0.0332. The molecule has 0 spiro atoms. The maximum Gasteiger partial charge on any atom is 0.314 e. The predicted octanol–water partition coefficient (Wildman–Crippen LogP) is 2.05. The van der Waals surface area contributed by atoms with Crippen molar-refractivity contribution in [3.63, 3.8) is 0 Å². The number of amides is 3. The molecule has 0 radical (unpaired) electrons. The van der Waals surface area contributed by atoms with Gasteiger partial charge in [-0.15, -0.1) is 0 Å². The van der Waals surface area contributed by atoms with E-state index in [1.54, 1.807) is 12.4 Å². The lowest BCUT2D eigenvalue weighted by Crippen LogP contribution is -2.38. The zero-order chi connectivity index (χ0) is 25.9. The number of rotatable bonds is 7. The monoisotopic (exact) mass is 520 g/mol. The maximum atomic E-state index is 13.2. The Bertz CT molecular complexity index is 1500. The van der Waals surface area contributed by atoms with Crippen molar-refractivity contribution in [1.29, 1.82) is 0 Å². The van der Waals surface area contributed by atoms with E-state index in [0.717, 1.165) is 26.7 Å². The van der Waals surface area contributed by atoms with E-state index in [-0.39, 0.29) is 36.0 Å².